The lowest BCUT2D eigenvalue weighted by molar-refractivity contribution is 0.0320. The number of aromatic nitrogens is 1. The van der Waals surface area contributed by atoms with Gasteiger partial charge < -0.3 is 14.1 Å². The highest BCUT2D eigenvalue weighted by molar-refractivity contribution is 5.91. The normalized spacial score (nSPS) is 15.0. The van der Waals surface area contributed by atoms with E-state index >= 15 is 0 Å². The molecule has 1 fully saturated rings. The lowest BCUT2D eigenvalue weighted by Gasteiger charge is -2.30. The van der Waals surface area contributed by atoms with Crippen LogP contribution in [-0.2, 0) is 17.8 Å². The Bertz CT molecular complexity index is 830. The van der Waals surface area contributed by atoms with Gasteiger partial charge in [-0.2, -0.15) is 0 Å². The molecular formula is C23H34N4O3. The van der Waals surface area contributed by atoms with Gasteiger partial charge in [-0.1, -0.05) is 23.8 Å². The molecule has 0 N–H and O–H groups in total. The van der Waals surface area contributed by atoms with Gasteiger partial charge >= 0.3 is 0 Å². The van der Waals surface area contributed by atoms with E-state index in [-0.39, 0.29) is 5.91 Å². The first-order valence-corrected chi connectivity index (χ1v) is 10.7. The summed E-state index contributed by atoms with van der Waals surface area (Å²) in [5, 5.41) is 0. The SMILES string of the molecule is CCN(C)C(=O)c1coc(CN(CCN2CCOCC2)Cc2cc(C)ccc2C)n1. The van der Waals surface area contributed by atoms with Crippen molar-refractivity contribution in [3.8, 4) is 0 Å². The summed E-state index contributed by atoms with van der Waals surface area (Å²) in [6, 6.07) is 6.57. The summed E-state index contributed by atoms with van der Waals surface area (Å²) in [5.41, 5.74) is 4.22. The van der Waals surface area contributed by atoms with Crippen LogP contribution in [0.15, 0.2) is 28.9 Å². The zero-order valence-corrected chi connectivity index (χ0v) is 18.7. The fourth-order valence-electron chi connectivity index (χ4n) is 3.55. The van der Waals surface area contributed by atoms with Crippen molar-refractivity contribution in [2.45, 2.75) is 33.9 Å². The summed E-state index contributed by atoms with van der Waals surface area (Å²) < 4.78 is 11.1. The largest absolute Gasteiger partial charge is 0.447 e. The number of nitrogens with zero attached hydrogens (tertiary/aromatic N) is 4. The minimum atomic E-state index is -0.109. The Balaban J connectivity index is 1.70. The molecule has 2 heterocycles. The number of hydrogen-bond acceptors (Lipinski definition) is 6. The number of hydrogen-bond donors (Lipinski definition) is 0. The fourth-order valence-corrected chi connectivity index (χ4v) is 3.55. The van der Waals surface area contributed by atoms with E-state index in [2.05, 4.69) is 46.8 Å². The van der Waals surface area contributed by atoms with Crippen molar-refractivity contribution in [1.82, 2.24) is 19.7 Å². The average Bonchev–Trinajstić information content (AvgIpc) is 3.22. The van der Waals surface area contributed by atoms with Crippen molar-refractivity contribution in [2.75, 3.05) is 53.0 Å². The molecule has 0 saturated carbocycles. The molecule has 0 bridgehead atoms. The number of benzene rings is 1. The Morgan fingerprint density at radius 1 is 1.20 bits per heavy atom. The number of oxazole rings is 1. The lowest BCUT2D eigenvalue weighted by Crippen LogP contribution is -2.41. The van der Waals surface area contributed by atoms with Crippen LogP contribution in [0.1, 0.15) is 40.0 Å². The second-order valence-corrected chi connectivity index (χ2v) is 8.04. The van der Waals surface area contributed by atoms with Crippen molar-refractivity contribution >= 4 is 5.91 Å². The molecule has 30 heavy (non-hydrogen) atoms. The molecule has 1 saturated heterocycles. The van der Waals surface area contributed by atoms with Gasteiger partial charge in [-0.3, -0.25) is 14.6 Å². The van der Waals surface area contributed by atoms with E-state index in [0.717, 1.165) is 45.9 Å². The molecule has 1 amide bonds. The number of aryl methyl sites for hydroxylation is 2. The van der Waals surface area contributed by atoms with Crippen LogP contribution in [0.3, 0.4) is 0 Å². The highest BCUT2D eigenvalue weighted by Gasteiger charge is 2.19. The Morgan fingerprint density at radius 3 is 2.70 bits per heavy atom. The van der Waals surface area contributed by atoms with Crippen LogP contribution in [0.5, 0.6) is 0 Å². The quantitative estimate of drug-likeness (QED) is 0.629. The maximum atomic E-state index is 12.4. The standard InChI is InChI=1S/C23H34N4O3/c1-5-25(4)23(28)21-17-30-22(24-21)16-27(9-8-26-10-12-29-13-11-26)15-20-14-18(2)6-7-19(20)3/h6-7,14,17H,5,8-13,15-16H2,1-4H3. The van der Waals surface area contributed by atoms with Gasteiger partial charge in [0.25, 0.3) is 5.91 Å². The summed E-state index contributed by atoms with van der Waals surface area (Å²) >= 11 is 0. The van der Waals surface area contributed by atoms with Gasteiger partial charge in [0.15, 0.2) is 5.69 Å². The van der Waals surface area contributed by atoms with Gasteiger partial charge in [-0.25, -0.2) is 4.98 Å². The monoisotopic (exact) mass is 414 g/mol. The lowest BCUT2D eigenvalue weighted by atomic mass is 10.1. The van der Waals surface area contributed by atoms with E-state index < -0.39 is 0 Å². The smallest absolute Gasteiger partial charge is 0.275 e. The van der Waals surface area contributed by atoms with Crippen molar-refractivity contribution in [3.05, 3.63) is 52.7 Å². The molecule has 0 atom stereocenters. The maximum absolute atomic E-state index is 12.4. The van der Waals surface area contributed by atoms with Crippen LogP contribution in [0.25, 0.3) is 0 Å². The zero-order chi connectivity index (χ0) is 21.5. The zero-order valence-electron chi connectivity index (χ0n) is 18.7. The summed E-state index contributed by atoms with van der Waals surface area (Å²) in [5.74, 6) is 0.469. The van der Waals surface area contributed by atoms with E-state index in [0.29, 0.717) is 24.7 Å². The van der Waals surface area contributed by atoms with Gasteiger partial charge in [0, 0.05) is 46.3 Å². The summed E-state index contributed by atoms with van der Waals surface area (Å²) in [6.07, 6.45) is 1.47. The van der Waals surface area contributed by atoms with Crippen molar-refractivity contribution in [1.29, 1.82) is 0 Å². The number of carbonyl (C=O) groups is 1. The van der Waals surface area contributed by atoms with E-state index in [1.807, 2.05) is 6.92 Å². The molecule has 0 unspecified atom stereocenters. The number of morpholine rings is 1. The third-order valence-electron chi connectivity index (χ3n) is 5.69. The van der Waals surface area contributed by atoms with Crippen molar-refractivity contribution in [2.24, 2.45) is 0 Å². The molecule has 3 rings (SSSR count). The Labute approximate surface area is 179 Å². The number of rotatable bonds is 9. The fraction of sp³-hybridized carbons (Fsp3) is 0.565. The third kappa shape index (κ3) is 6.14. The number of ether oxygens (including phenoxy) is 1. The second-order valence-electron chi connectivity index (χ2n) is 8.04. The summed E-state index contributed by atoms with van der Waals surface area (Å²) in [6.45, 7) is 13.6. The van der Waals surface area contributed by atoms with Gasteiger partial charge in [0.05, 0.1) is 19.8 Å². The van der Waals surface area contributed by atoms with Gasteiger partial charge in [-0.15, -0.1) is 0 Å². The molecular weight excluding hydrogens is 380 g/mol. The van der Waals surface area contributed by atoms with Crippen molar-refractivity contribution < 1.29 is 13.9 Å². The first kappa shape index (κ1) is 22.5. The molecule has 7 nitrogen and oxygen atoms in total. The molecule has 1 aliphatic rings. The number of carbonyl (C=O) groups excluding carboxylic acids is 1. The minimum absolute atomic E-state index is 0.109. The summed E-state index contributed by atoms with van der Waals surface area (Å²) in [4.78, 5) is 23.2. The highest BCUT2D eigenvalue weighted by Crippen LogP contribution is 2.16. The average molecular weight is 415 g/mol. The molecule has 0 aliphatic carbocycles. The van der Waals surface area contributed by atoms with Gasteiger partial charge in [0.2, 0.25) is 5.89 Å². The molecule has 7 heteroatoms. The molecule has 1 aliphatic heterocycles. The highest BCUT2D eigenvalue weighted by atomic mass is 16.5. The maximum Gasteiger partial charge on any atom is 0.275 e. The van der Waals surface area contributed by atoms with E-state index in [4.69, 9.17) is 9.15 Å². The van der Waals surface area contributed by atoms with Crippen LogP contribution < -0.4 is 0 Å². The Hall–Kier alpha value is -2.22. The Kier molecular flexibility index (Phi) is 8.01. The Morgan fingerprint density at radius 2 is 1.97 bits per heavy atom. The number of amides is 1. The van der Waals surface area contributed by atoms with E-state index in [1.165, 1.54) is 23.0 Å². The molecule has 0 spiro atoms. The first-order valence-electron chi connectivity index (χ1n) is 10.7. The predicted molar refractivity (Wildman–Crippen MR) is 116 cm³/mol. The van der Waals surface area contributed by atoms with Crippen LogP contribution in [0.4, 0.5) is 0 Å². The van der Waals surface area contributed by atoms with Gasteiger partial charge in [-0.05, 0) is 31.9 Å². The third-order valence-corrected chi connectivity index (χ3v) is 5.69. The van der Waals surface area contributed by atoms with Crippen LogP contribution in [-0.4, -0.2) is 78.6 Å². The van der Waals surface area contributed by atoms with E-state index in [9.17, 15) is 4.79 Å². The second kappa shape index (κ2) is 10.7. The van der Waals surface area contributed by atoms with Gasteiger partial charge in [0.1, 0.15) is 6.26 Å². The topological polar surface area (TPSA) is 62.1 Å². The van der Waals surface area contributed by atoms with Crippen LogP contribution in [0, 0.1) is 13.8 Å². The summed E-state index contributed by atoms with van der Waals surface area (Å²) in [7, 11) is 1.77. The molecule has 1 aromatic heterocycles. The van der Waals surface area contributed by atoms with Crippen LogP contribution in [0.2, 0.25) is 0 Å². The molecule has 164 valence electrons. The van der Waals surface area contributed by atoms with Crippen molar-refractivity contribution in [3.63, 3.8) is 0 Å². The first-order chi connectivity index (χ1) is 14.5. The molecule has 0 radical (unpaired) electrons. The molecule has 2 aromatic rings. The predicted octanol–water partition coefficient (Wildman–Crippen LogP) is 2.72. The molecule has 1 aromatic carbocycles. The van der Waals surface area contributed by atoms with E-state index in [1.54, 1.807) is 11.9 Å². The van der Waals surface area contributed by atoms with Crippen LogP contribution >= 0.6 is 0 Å². The minimum Gasteiger partial charge on any atom is -0.447 e.